The van der Waals surface area contributed by atoms with Crippen LogP contribution in [0.4, 0.5) is 11.4 Å². The van der Waals surface area contributed by atoms with Crippen LogP contribution in [0.2, 0.25) is 0 Å². The molecule has 3 N–H and O–H groups in total. The first kappa shape index (κ1) is 40.0. The van der Waals surface area contributed by atoms with Crippen molar-refractivity contribution >= 4 is 85.2 Å². The van der Waals surface area contributed by atoms with Crippen molar-refractivity contribution in [1.82, 2.24) is 0 Å². The van der Waals surface area contributed by atoms with Gasteiger partial charge in [-0.3, -0.25) is 9.59 Å². The zero-order valence-electron chi connectivity index (χ0n) is 34.9. The predicted molar refractivity (Wildman–Crippen MR) is 250 cm³/mol. The van der Waals surface area contributed by atoms with E-state index < -0.39 is 45.1 Å². The number of ether oxygens (including phenoxy) is 2. The minimum absolute atomic E-state index is 0.0475. The summed E-state index contributed by atoms with van der Waals surface area (Å²) in [6.45, 7) is 9.60. The number of hydrogen-bond donors (Lipinski definition) is 3. The molecule has 0 bridgehead atoms. The maximum absolute atomic E-state index is 12.0. The van der Waals surface area contributed by atoms with E-state index in [4.69, 9.17) is 9.47 Å². The molecule has 0 saturated carbocycles. The van der Waals surface area contributed by atoms with Gasteiger partial charge in [0.05, 0.1) is 11.2 Å². The molecule has 3 aliphatic rings. The Morgan fingerprint density at radius 3 is 2.02 bits per heavy atom. The highest BCUT2D eigenvalue weighted by Gasteiger charge is 2.40. The molecule has 0 aliphatic carbocycles. The van der Waals surface area contributed by atoms with Gasteiger partial charge < -0.3 is 34.6 Å². The lowest BCUT2D eigenvalue weighted by molar-refractivity contribution is -0.140. The van der Waals surface area contributed by atoms with Crippen LogP contribution in [0.25, 0.3) is 46.6 Å². The van der Waals surface area contributed by atoms with E-state index in [2.05, 4.69) is 119 Å². The number of carbonyl (C=O) groups is 3. The summed E-state index contributed by atoms with van der Waals surface area (Å²) in [5, 5.41) is 32.6. The second-order valence-electron chi connectivity index (χ2n) is 17.2. The van der Waals surface area contributed by atoms with E-state index in [1.807, 2.05) is 6.07 Å². The first-order valence-electron chi connectivity index (χ1n) is 20.3. The maximum atomic E-state index is 12.0. The van der Waals surface area contributed by atoms with Gasteiger partial charge in [-0.15, -0.1) is 30.2 Å². The molecular weight excluding hydrogens is 840 g/mol. The molecule has 7 aromatic rings. The predicted octanol–water partition coefficient (Wildman–Crippen LogP) is 10.3. The number of nitrogens with zero attached hydrogens (tertiary/aromatic N) is 2. The molecule has 3 aliphatic heterocycles. The zero-order valence-corrected chi connectivity index (χ0v) is 37.5. The van der Waals surface area contributed by atoms with Gasteiger partial charge in [-0.2, -0.15) is 0 Å². The molecule has 0 spiro atoms. The Balaban J connectivity index is 1.30. The van der Waals surface area contributed by atoms with Crippen molar-refractivity contribution in [3.05, 3.63) is 123 Å². The number of carboxylic acid groups (broad SMARTS) is 3. The smallest absolute Gasteiger partial charge is 0.341 e. The fourth-order valence-electron chi connectivity index (χ4n) is 9.67. The molecule has 0 radical (unpaired) electrons. The molecule has 62 heavy (non-hydrogen) atoms. The molecule has 0 amide bonds. The largest absolute Gasteiger partial charge is 0.480 e. The van der Waals surface area contributed by atoms with E-state index in [9.17, 15) is 29.7 Å². The van der Waals surface area contributed by atoms with E-state index >= 15 is 0 Å². The van der Waals surface area contributed by atoms with Crippen molar-refractivity contribution in [2.75, 3.05) is 43.2 Å². The van der Waals surface area contributed by atoms with Gasteiger partial charge >= 0.3 is 17.9 Å². The van der Waals surface area contributed by atoms with Crippen molar-refractivity contribution in [2.45, 2.75) is 38.4 Å². The molecule has 2 aromatic heterocycles. The molecule has 0 saturated heterocycles. The van der Waals surface area contributed by atoms with E-state index in [1.54, 1.807) is 34.8 Å². The molecule has 0 fully saturated rings. The van der Waals surface area contributed by atoms with Crippen molar-refractivity contribution in [2.24, 2.45) is 0 Å². The first-order valence-corrected chi connectivity index (χ1v) is 23.9. The van der Waals surface area contributed by atoms with Gasteiger partial charge in [-0.1, -0.05) is 56.3 Å². The Morgan fingerprint density at radius 2 is 1.37 bits per heavy atom. The number of hydrogen-bond acceptors (Lipinski definition) is 9. The molecule has 1 atom stereocenters. The van der Waals surface area contributed by atoms with Crippen LogP contribution < -0.4 is 24.5 Å². The molecule has 5 aromatic carbocycles. The van der Waals surface area contributed by atoms with Crippen molar-refractivity contribution < 1.29 is 39.2 Å². The molecule has 13 heteroatoms. The van der Waals surface area contributed by atoms with E-state index in [1.165, 1.54) is 51.6 Å². The van der Waals surface area contributed by atoms with Crippen LogP contribution in [0.1, 0.15) is 49.9 Å². The summed E-state index contributed by atoms with van der Waals surface area (Å²) in [6.07, 6.45) is 0. The van der Waals surface area contributed by atoms with Crippen molar-refractivity contribution in [1.29, 1.82) is 0 Å². The summed E-state index contributed by atoms with van der Waals surface area (Å²) in [4.78, 5) is 43.1. The van der Waals surface area contributed by atoms with Gasteiger partial charge in [-0.05, 0) is 95.4 Å². The Morgan fingerprint density at radius 1 is 0.742 bits per heavy atom. The average Bonchev–Trinajstić information content (AvgIpc) is 3.83. The van der Waals surface area contributed by atoms with Crippen LogP contribution in [-0.4, -0.2) is 66.6 Å². The maximum Gasteiger partial charge on any atom is 0.341 e. The summed E-state index contributed by atoms with van der Waals surface area (Å²) in [5.74, 6) is -2.31. The Hall–Kier alpha value is -6.07. The van der Waals surface area contributed by atoms with Crippen LogP contribution >= 0.6 is 30.2 Å². The second kappa shape index (κ2) is 14.2. The lowest BCUT2D eigenvalue weighted by Gasteiger charge is -2.43. The first-order chi connectivity index (χ1) is 29.5. The monoisotopic (exact) mass is 882 g/mol. The lowest BCUT2D eigenvalue weighted by Crippen LogP contribution is -2.41. The molecule has 10 rings (SSSR count). The molecule has 1 unspecified atom stereocenters. The minimum atomic E-state index is -1.25. The number of rotatable bonds is 9. The topological polar surface area (TPSA) is 137 Å². The van der Waals surface area contributed by atoms with Gasteiger partial charge in [0.15, 0.2) is 6.61 Å². The highest BCUT2D eigenvalue weighted by atomic mass is 32.1. The number of aliphatic carboxylic acids is 3. The quantitative estimate of drug-likeness (QED) is 0.120. The minimum Gasteiger partial charge on any atom is -0.480 e. The average molecular weight is 883 g/mol. The van der Waals surface area contributed by atoms with Crippen molar-refractivity contribution in [3.8, 4) is 38.1 Å². The highest BCUT2D eigenvalue weighted by molar-refractivity contribution is 7.50. The highest BCUT2D eigenvalue weighted by Crippen LogP contribution is 2.61. The molecule has 5 heterocycles. The van der Waals surface area contributed by atoms with Gasteiger partial charge in [0.2, 0.25) is 0 Å². The number of anilines is 2. The van der Waals surface area contributed by atoms with E-state index in [0.717, 1.165) is 32.5 Å². The van der Waals surface area contributed by atoms with E-state index in [-0.39, 0.29) is 22.1 Å². The van der Waals surface area contributed by atoms with E-state index in [0.29, 0.717) is 17.1 Å². The molecule has 314 valence electrons. The number of benzene rings is 5. The van der Waals surface area contributed by atoms with Gasteiger partial charge in [-0.25, -0.2) is 4.79 Å². The van der Waals surface area contributed by atoms with Crippen LogP contribution in [0, 0.1) is 4.94 Å². The summed E-state index contributed by atoms with van der Waals surface area (Å²) >= 11 is 3.57. The standard InChI is InChI=1S/C49H43N2O8PS2/c1-48(2)44-26-11-7-9-13-38(26)61-46(44)28-18-29-34(20-33(28)50(48)5)59-35-21-37-31(47-45(49(3,4)60(37)6)27-12-8-10-14-39(27)62-47)19-30(35)43(29)25-15-16-32(36(17-25)58-24-42(56)57)51(22-40(52)53)23-41(54)55/h7-21,60H,22-24H2,1-6H3,(H,52,53)(H,54,55)(H,56,57). The number of fused-ring (bicyclic) bond motifs is 12. The van der Waals surface area contributed by atoms with Crippen LogP contribution in [0.5, 0.6) is 17.2 Å². The third-order valence-corrected chi connectivity index (χ3v) is 18.8. The zero-order chi connectivity index (χ0) is 43.6. The van der Waals surface area contributed by atoms with Crippen LogP contribution in [0.3, 0.4) is 0 Å². The van der Waals surface area contributed by atoms with Crippen LogP contribution in [0.15, 0.2) is 91.0 Å². The van der Waals surface area contributed by atoms with Crippen molar-refractivity contribution in [3.63, 3.8) is 0 Å². The number of thiophene rings is 2. The molecular formula is C49H43N2O8PS2. The number of carboxylic acids is 3. The molecule has 10 nitrogen and oxygen atoms in total. The van der Waals surface area contributed by atoms with Gasteiger partial charge in [0, 0.05) is 70.6 Å². The third kappa shape index (κ3) is 6.06. The Kier molecular flexibility index (Phi) is 9.19. The SMILES string of the molecule is CN1c2cc3c(cc2-c2sc4ccccc4c2C1(C)C)C(c1ccc(N(CC(=O)O)CC(=O)O)c(OCC(=O)O)c1)=c1cc2c(cc1O3)=[PH](C)C(C)(C)c1c-2sc2ccccc12. The van der Waals surface area contributed by atoms with Gasteiger partial charge in [0.25, 0.3) is 0 Å². The summed E-state index contributed by atoms with van der Waals surface area (Å²) in [7, 11) is 0.929. The Bertz CT molecular complexity index is 3260. The fraction of sp³-hybridized carbons (Fsp3) is 0.224. The normalized spacial score (nSPS) is 16.3. The summed E-state index contributed by atoms with van der Waals surface area (Å²) < 4.78 is 15.4. The van der Waals surface area contributed by atoms with Crippen LogP contribution in [-0.2, 0) is 25.1 Å². The second-order valence-corrected chi connectivity index (χ2v) is 22.4. The lowest BCUT2D eigenvalue weighted by atomic mass is 9.82. The summed E-state index contributed by atoms with van der Waals surface area (Å²) in [6, 6.07) is 31.1. The van der Waals surface area contributed by atoms with Gasteiger partial charge in [0.1, 0.15) is 30.3 Å². The third-order valence-electron chi connectivity index (χ3n) is 13.0. The Labute approximate surface area is 365 Å². The summed E-state index contributed by atoms with van der Waals surface area (Å²) in [5.41, 5.74) is 8.01. The fourth-order valence-corrected chi connectivity index (χ4v) is 14.9.